The monoisotopic (exact) mass is 473 g/mol. The molecule has 2 aromatic rings. The van der Waals surface area contributed by atoms with E-state index in [0.29, 0.717) is 42.4 Å². The highest BCUT2D eigenvalue weighted by molar-refractivity contribution is 6.30. The molecule has 2 atom stereocenters. The van der Waals surface area contributed by atoms with Gasteiger partial charge < -0.3 is 14.9 Å². The molecule has 176 valence electrons. The summed E-state index contributed by atoms with van der Waals surface area (Å²) in [5.41, 5.74) is 1.56. The highest BCUT2D eigenvalue weighted by Crippen LogP contribution is 2.34. The number of carboxylic acid groups (broad SMARTS) is 2. The molecule has 0 spiro atoms. The number of likely N-dealkylation sites (tertiary alicyclic amines) is 1. The summed E-state index contributed by atoms with van der Waals surface area (Å²) >= 11 is 6.05. The predicted octanol–water partition coefficient (Wildman–Crippen LogP) is 4.00. The Morgan fingerprint density at radius 2 is 1.61 bits per heavy atom. The van der Waals surface area contributed by atoms with Crippen LogP contribution in [0, 0.1) is 0 Å². The van der Waals surface area contributed by atoms with Crippen LogP contribution in [0.15, 0.2) is 66.7 Å². The van der Waals surface area contributed by atoms with E-state index in [0.717, 1.165) is 17.7 Å². The number of ether oxygens (including phenoxy) is 1. The van der Waals surface area contributed by atoms with Crippen LogP contribution < -0.4 is 0 Å². The van der Waals surface area contributed by atoms with Crippen molar-refractivity contribution in [1.29, 1.82) is 0 Å². The summed E-state index contributed by atoms with van der Waals surface area (Å²) in [7, 11) is 2.01. The lowest BCUT2D eigenvalue weighted by atomic mass is 9.88. The fraction of sp³-hybridized carbons (Fsp3) is 0.320. The molecule has 1 saturated heterocycles. The molecule has 0 saturated carbocycles. The maximum absolute atomic E-state index is 12.0. The van der Waals surface area contributed by atoms with Gasteiger partial charge in [0.05, 0.1) is 12.6 Å². The summed E-state index contributed by atoms with van der Waals surface area (Å²) in [5.74, 6) is -2.20. The van der Waals surface area contributed by atoms with Crippen molar-refractivity contribution in [2.24, 2.45) is 0 Å². The molecule has 7 nitrogen and oxygen atoms in total. The molecule has 0 amide bonds. The topological polar surface area (TPSA) is 104 Å². The summed E-state index contributed by atoms with van der Waals surface area (Å²) < 4.78 is 6.38. The van der Waals surface area contributed by atoms with E-state index in [1.54, 1.807) is 0 Å². The Labute approximate surface area is 198 Å². The third-order valence-electron chi connectivity index (χ3n) is 5.48. The van der Waals surface area contributed by atoms with Gasteiger partial charge >= 0.3 is 11.9 Å². The number of carboxylic acids is 2. The zero-order chi connectivity index (χ0) is 24.4. The molecule has 0 aliphatic carbocycles. The minimum absolute atomic E-state index is 0.0229. The van der Waals surface area contributed by atoms with Gasteiger partial charge in [-0.15, -0.1) is 0 Å². The van der Waals surface area contributed by atoms with Gasteiger partial charge in [-0.1, -0.05) is 54.1 Å². The van der Waals surface area contributed by atoms with Gasteiger partial charge in [0.1, 0.15) is 5.60 Å². The van der Waals surface area contributed by atoms with Crippen molar-refractivity contribution in [3.63, 3.8) is 0 Å². The molecule has 2 N–H and O–H groups in total. The van der Waals surface area contributed by atoms with Crippen LogP contribution in [0.4, 0.5) is 0 Å². The predicted molar refractivity (Wildman–Crippen MR) is 125 cm³/mol. The number of halogens is 1. The Morgan fingerprint density at radius 1 is 1.06 bits per heavy atom. The lowest BCUT2D eigenvalue weighted by Gasteiger charge is -2.32. The van der Waals surface area contributed by atoms with Crippen molar-refractivity contribution in [2.75, 3.05) is 20.2 Å². The van der Waals surface area contributed by atoms with Crippen LogP contribution in [0.2, 0.25) is 5.02 Å². The van der Waals surface area contributed by atoms with Gasteiger partial charge in [0, 0.05) is 30.1 Å². The third kappa shape index (κ3) is 7.82. The van der Waals surface area contributed by atoms with E-state index in [9.17, 15) is 14.4 Å². The van der Waals surface area contributed by atoms with Gasteiger partial charge in [-0.05, 0) is 43.7 Å². The van der Waals surface area contributed by atoms with E-state index < -0.39 is 17.5 Å². The minimum Gasteiger partial charge on any atom is -0.478 e. The van der Waals surface area contributed by atoms with Crippen LogP contribution >= 0.6 is 11.6 Å². The van der Waals surface area contributed by atoms with E-state index in [2.05, 4.69) is 24.0 Å². The fourth-order valence-corrected chi connectivity index (χ4v) is 3.74. The largest absolute Gasteiger partial charge is 0.478 e. The molecule has 1 aliphatic rings. The first-order valence-electron chi connectivity index (χ1n) is 10.5. The number of rotatable bonds is 8. The number of hydrogen-bond acceptors (Lipinski definition) is 5. The lowest BCUT2D eigenvalue weighted by molar-refractivity contribution is -0.134. The maximum atomic E-state index is 12.0. The van der Waals surface area contributed by atoms with Crippen LogP contribution in [0.25, 0.3) is 0 Å². The Kier molecular flexibility index (Phi) is 9.78. The fourth-order valence-electron chi connectivity index (χ4n) is 3.61. The van der Waals surface area contributed by atoms with Crippen molar-refractivity contribution in [3.05, 3.63) is 82.9 Å². The van der Waals surface area contributed by atoms with Crippen LogP contribution in [0.5, 0.6) is 0 Å². The Hall–Kier alpha value is -3.00. The molecule has 0 aromatic heterocycles. The molecule has 1 fully saturated rings. The molecule has 3 rings (SSSR count). The zero-order valence-corrected chi connectivity index (χ0v) is 19.4. The lowest BCUT2D eigenvalue weighted by Crippen LogP contribution is -2.33. The average Bonchev–Trinajstić information content (AvgIpc) is 3.11. The molecule has 8 heteroatoms. The van der Waals surface area contributed by atoms with Gasteiger partial charge in [-0.25, -0.2) is 9.59 Å². The normalized spacial score (nSPS) is 17.9. The number of Topliss-reactive ketones (excluding diaryl/α,β-unsaturated/α-hetero) is 1. The maximum Gasteiger partial charge on any atom is 0.328 e. The summed E-state index contributed by atoms with van der Waals surface area (Å²) in [6.45, 7) is 3.44. The van der Waals surface area contributed by atoms with Gasteiger partial charge in [0.15, 0.2) is 5.78 Å². The van der Waals surface area contributed by atoms with Crippen molar-refractivity contribution in [3.8, 4) is 0 Å². The van der Waals surface area contributed by atoms with Gasteiger partial charge in [-0.3, -0.25) is 9.69 Å². The van der Waals surface area contributed by atoms with E-state index in [1.807, 2.05) is 49.5 Å². The number of ketones is 1. The number of benzene rings is 2. The molecule has 2 aromatic carbocycles. The first kappa shape index (κ1) is 26.3. The molecule has 0 unspecified atom stereocenters. The second-order valence-corrected chi connectivity index (χ2v) is 8.20. The van der Waals surface area contributed by atoms with Crippen LogP contribution in [-0.4, -0.2) is 59.1 Å². The number of likely N-dealkylation sites (N-methyl/N-ethyl adjacent to an activating group) is 1. The van der Waals surface area contributed by atoms with Crippen molar-refractivity contribution in [2.45, 2.75) is 31.4 Å². The quantitative estimate of drug-likeness (QED) is 0.558. The van der Waals surface area contributed by atoms with Crippen LogP contribution in [0.1, 0.15) is 30.9 Å². The molecule has 0 radical (unpaired) electrons. The smallest absolute Gasteiger partial charge is 0.328 e. The Balaban J connectivity index is 0.000000414. The second-order valence-electron chi connectivity index (χ2n) is 7.77. The highest BCUT2D eigenvalue weighted by atomic mass is 35.5. The molecular weight excluding hydrogens is 446 g/mol. The number of aliphatic carboxylic acids is 2. The Morgan fingerprint density at radius 3 is 2.09 bits per heavy atom. The molecule has 0 bridgehead atoms. The molecule has 33 heavy (non-hydrogen) atoms. The first-order valence-corrected chi connectivity index (χ1v) is 10.8. The van der Waals surface area contributed by atoms with E-state index in [-0.39, 0.29) is 6.04 Å². The average molecular weight is 474 g/mol. The van der Waals surface area contributed by atoms with Crippen molar-refractivity contribution >= 4 is 29.3 Å². The molecule has 1 heterocycles. The number of nitrogens with zero attached hydrogens (tertiary/aromatic N) is 1. The minimum atomic E-state index is -1.26. The SMILES string of the molecule is CN1CCC(=O)[C@H]1CCO[C@](C)(c1ccccc1)c1ccc(Cl)cc1.O=C(O)/C=C/C(=O)O. The van der Waals surface area contributed by atoms with Crippen molar-refractivity contribution < 1.29 is 29.3 Å². The summed E-state index contributed by atoms with van der Waals surface area (Å²) in [4.78, 5) is 33.2. The van der Waals surface area contributed by atoms with Crippen LogP contribution in [0.3, 0.4) is 0 Å². The van der Waals surface area contributed by atoms with Gasteiger partial charge in [0.2, 0.25) is 0 Å². The first-order chi connectivity index (χ1) is 15.6. The van der Waals surface area contributed by atoms with Gasteiger partial charge in [0.25, 0.3) is 0 Å². The Bertz CT molecular complexity index is 960. The summed E-state index contributed by atoms with van der Waals surface area (Å²) in [6.07, 6.45) is 2.48. The number of carbonyl (C=O) groups excluding carboxylic acids is 1. The number of hydrogen-bond donors (Lipinski definition) is 2. The highest BCUT2D eigenvalue weighted by Gasteiger charge is 2.33. The number of carbonyl (C=O) groups is 3. The van der Waals surface area contributed by atoms with E-state index in [1.165, 1.54) is 0 Å². The second kappa shape index (κ2) is 12.3. The third-order valence-corrected chi connectivity index (χ3v) is 5.74. The standard InChI is InChI=1S/C21H24ClNO2.C4H4O4/c1-21(16-6-4-3-5-7-16,17-8-10-18(22)11-9-17)25-15-13-19-20(24)12-14-23(19)2;5-3(6)1-2-4(7)8/h3-11,19H,12-15H2,1-2H3;1-2H,(H,5,6)(H,7,8)/b;2-1+/t19-,21-;/m1./s1. The van der Waals surface area contributed by atoms with Gasteiger partial charge in [-0.2, -0.15) is 0 Å². The van der Waals surface area contributed by atoms with Crippen molar-refractivity contribution in [1.82, 2.24) is 4.90 Å². The van der Waals surface area contributed by atoms with Crippen LogP contribution in [-0.2, 0) is 24.7 Å². The summed E-state index contributed by atoms with van der Waals surface area (Å²) in [5, 5.41) is 16.3. The van der Waals surface area contributed by atoms with E-state index >= 15 is 0 Å². The van der Waals surface area contributed by atoms with E-state index in [4.69, 9.17) is 26.6 Å². The summed E-state index contributed by atoms with van der Waals surface area (Å²) in [6, 6.07) is 17.9. The zero-order valence-electron chi connectivity index (χ0n) is 18.6. The molecular formula is C25H28ClNO6. The molecule has 1 aliphatic heterocycles.